The number of unbranched alkanes of at least 4 members (excludes halogenated alkanes) is 1. The molecule has 0 fully saturated rings. The SMILES string of the molecule is CCCCOC(=O)C1=C(N)n2c(s/c(=C\c3ccc(OC)cc3)c2=O)=C(C(=O)OC)C1c1ccc(OC)cc1. The van der Waals surface area contributed by atoms with Crippen LogP contribution >= 0.6 is 11.3 Å². The molecule has 1 aliphatic rings. The van der Waals surface area contributed by atoms with Crippen molar-refractivity contribution >= 4 is 40.7 Å². The monoisotopic (exact) mass is 550 g/mol. The van der Waals surface area contributed by atoms with Gasteiger partial charge in [0.1, 0.15) is 22.0 Å². The average Bonchev–Trinajstić information content (AvgIpc) is 3.28. The predicted octanol–water partition coefficient (Wildman–Crippen LogP) is 2.35. The van der Waals surface area contributed by atoms with Crippen LogP contribution in [0.3, 0.4) is 0 Å². The third-order valence-corrected chi connectivity index (χ3v) is 7.48. The van der Waals surface area contributed by atoms with Gasteiger partial charge in [0.05, 0.1) is 49.5 Å². The molecular weight excluding hydrogens is 520 g/mol. The predicted molar refractivity (Wildman–Crippen MR) is 149 cm³/mol. The Balaban J connectivity index is 2.01. The lowest BCUT2D eigenvalue weighted by molar-refractivity contribution is -0.139. The fraction of sp³-hybridized carbons (Fsp3) is 0.276. The quantitative estimate of drug-likeness (QED) is 0.319. The van der Waals surface area contributed by atoms with E-state index >= 15 is 0 Å². The summed E-state index contributed by atoms with van der Waals surface area (Å²) in [7, 11) is 4.37. The second-order valence-corrected chi connectivity index (χ2v) is 9.76. The van der Waals surface area contributed by atoms with Crippen LogP contribution in [0.2, 0.25) is 0 Å². The first-order chi connectivity index (χ1) is 18.8. The van der Waals surface area contributed by atoms with Crippen molar-refractivity contribution in [3.63, 3.8) is 0 Å². The Morgan fingerprint density at radius 1 is 0.949 bits per heavy atom. The van der Waals surface area contributed by atoms with Crippen LogP contribution in [0.1, 0.15) is 36.8 Å². The first-order valence-corrected chi connectivity index (χ1v) is 13.2. The van der Waals surface area contributed by atoms with Crippen LogP contribution in [0.25, 0.3) is 17.5 Å². The summed E-state index contributed by atoms with van der Waals surface area (Å²) in [5.41, 5.74) is 7.56. The molecule has 1 aromatic heterocycles. The molecule has 0 aliphatic carbocycles. The van der Waals surface area contributed by atoms with Crippen LogP contribution in [0, 0.1) is 0 Å². The first kappa shape index (κ1) is 27.7. The second kappa shape index (κ2) is 12.0. The van der Waals surface area contributed by atoms with Gasteiger partial charge in [-0.3, -0.25) is 9.36 Å². The minimum absolute atomic E-state index is 0.0000624. The molecule has 0 bridgehead atoms. The van der Waals surface area contributed by atoms with Crippen LogP contribution in [-0.4, -0.2) is 44.4 Å². The summed E-state index contributed by atoms with van der Waals surface area (Å²) in [4.78, 5) is 40.4. The Bertz CT molecular complexity index is 1580. The normalized spacial score (nSPS) is 15.1. The number of fused-ring (bicyclic) bond motifs is 1. The lowest BCUT2D eigenvalue weighted by Crippen LogP contribution is -2.41. The standard InChI is InChI=1S/C29H30N2O7S/c1-5-6-15-38-29(34)23-22(18-9-13-20(36-3)14-10-18)24(28(33)37-4)27-31(25(23)30)26(32)21(39-27)16-17-7-11-19(35-2)12-8-17/h7-14,16,22H,5-6,15,30H2,1-4H3/b21-16-. The largest absolute Gasteiger partial charge is 0.497 e. The molecule has 204 valence electrons. The van der Waals surface area contributed by atoms with Gasteiger partial charge >= 0.3 is 11.9 Å². The van der Waals surface area contributed by atoms with Gasteiger partial charge in [0, 0.05) is 0 Å². The summed E-state index contributed by atoms with van der Waals surface area (Å²) in [6.45, 7) is 2.15. The van der Waals surface area contributed by atoms with E-state index < -0.39 is 23.4 Å². The number of hydrogen-bond acceptors (Lipinski definition) is 9. The maximum absolute atomic E-state index is 13.6. The number of methoxy groups -OCH3 is 3. The van der Waals surface area contributed by atoms with E-state index in [2.05, 4.69) is 0 Å². The highest BCUT2D eigenvalue weighted by molar-refractivity contribution is 7.07. The second-order valence-electron chi connectivity index (χ2n) is 8.73. The molecule has 9 nitrogen and oxygen atoms in total. The van der Waals surface area contributed by atoms with Gasteiger partial charge in [-0.25, -0.2) is 9.59 Å². The lowest BCUT2D eigenvalue weighted by atomic mass is 9.83. The number of rotatable bonds is 9. The average molecular weight is 551 g/mol. The Hall–Kier alpha value is -4.31. The van der Waals surface area contributed by atoms with Crippen LogP contribution in [-0.2, 0) is 19.1 Å². The number of benzene rings is 2. The van der Waals surface area contributed by atoms with E-state index in [4.69, 9.17) is 24.7 Å². The minimum atomic E-state index is -0.927. The third-order valence-electron chi connectivity index (χ3n) is 6.37. The van der Waals surface area contributed by atoms with Crippen molar-refractivity contribution in [2.24, 2.45) is 5.73 Å². The van der Waals surface area contributed by atoms with E-state index in [1.165, 1.54) is 11.7 Å². The summed E-state index contributed by atoms with van der Waals surface area (Å²) in [5, 5.41) is 0. The molecule has 1 atom stereocenters. The lowest BCUT2D eigenvalue weighted by Gasteiger charge is -2.27. The Kier molecular flexibility index (Phi) is 8.55. The van der Waals surface area contributed by atoms with E-state index in [9.17, 15) is 14.4 Å². The van der Waals surface area contributed by atoms with Crippen molar-refractivity contribution in [1.29, 1.82) is 0 Å². The van der Waals surface area contributed by atoms with Gasteiger partial charge < -0.3 is 24.7 Å². The van der Waals surface area contributed by atoms with E-state index in [1.54, 1.807) is 56.7 Å². The van der Waals surface area contributed by atoms with Crippen molar-refractivity contribution in [2.75, 3.05) is 27.9 Å². The summed E-state index contributed by atoms with van der Waals surface area (Å²) < 4.78 is 23.0. The van der Waals surface area contributed by atoms with Crippen molar-refractivity contribution < 1.29 is 28.5 Å². The molecule has 3 aromatic rings. The van der Waals surface area contributed by atoms with Gasteiger partial charge in [0.25, 0.3) is 5.56 Å². The Labute approximate surface area is 229 Å². The highest BCUT2D eigenvalue weighted by Gasteiger charge is 2.39. The molecule has 4 rings (SSSR count). The van der Waals surface area contributed by atoms with Gasteiger partial charge in [0.15, 0.2) is 0 Å². The van der Waals surface area contributed by atoms with Gasteiger partial charge in [0.2, 0.25) is 0 Å². The summed E-state index contributed by atoms with van der Waals surface area (Å²) in [6.07, 6.45) is 3.17. The maximum Gasteiger partial charge on any atom is 0.338 e. The zero-order chi connectivity index (χ0) is 28.1. The number of nitrogens with two attached hydrogens (primary N) is 1. The maximum atomic E-state index is 13.6. The number of nitrogens with zero attached hydrogens (tertiary/aromatic N) is 1. The van der Waals surface area contributed by atoms with Gasteiger partial charge in [-0.15, -0.1) is 11.3 Å². The van der Waals surface area contributed by atoms with E-state index in [0.717, 1.165) is 23.3 Å². The highest BCUT2D eigenvalue weighted by Crippen LogP contribution is 2.38. The van der Waals surface area contributed by atoms with Gasteiger partial charge in [-0.05, 0) is 47.9 Å². The van der Waals surface area contributed by atoms with Gasteiger partial charge in [-0.2, -0.15) is 0 Å². The van der Waals surface area contributed by atoms with Crippen molar-refractivity contribution in [3.05, 3.63) is 84.8 Å². The van der Waals surface area contributed by atoms with Crippen molar-refractivity contribution in [3.8, 4) is 11.5 Å². The van der Waals surface area contributed by atoms with Crippen LogP contribution in [0.4, 0.5) is 0 Å². The third kappa shape index (κ3) is 5.46. The summed E-state index contributed by atoms with van der Waals surface area (Å²) in [5.74, 6) is -1.13. The molecule has 1 unspecified atom stereocenters. The zero-order valence-corrected chi connectivity index (χ0v) is 23.0. The number of ether oxygens (including phenoxy) is 4. The van der Waals surface area contributed by atoms with Gasteiger partial charge in [-0.1, -0.05) is 37.6 Å². The summed E-state index contributed by atoms with van der Waals surface area (Å²) >= 11 is 1.10. The molecule has 2 heterocycles. The number of carbonyl (C=O) groups excluding carboxylic acids is 2. The zero-order valence-electron chi connectivity index (χ0n) is 22.2. The minimum Gasteiger partial charge on any atom is -0.497 e. The molecule has 0 saturated heterocycles. The number of aromatic nitrogens is 1. The summed E-state index contributed by atoms with van der Waals surface area (Å²) in [6, 6.07) is 14.1. The molecule has 10 heteroatoms. The van der Waals surface area contributed by atoms with E-state index in [-0.39, 0.29) is 28.2 Å². The molecule has 0 saturated carbocycles. The highest BCUT2D eigenvalue weighted by atomic mass is 32.1. The molecule has 2 aromatic carbocycles. The fourth-order valence-corrected chi connectivity index (χ4v) is 5.49. The van der Waals surface area contributed by atoms with Crippen LogP contribution in [0.15, 0.2) is 58.9 Å². The smallest absolute Gasteiger partial charge is 0.338 e. The number of carbonyl (C=O) groups is 2. The number of esters is 2. The molecule has 0 radical (unpaired) electrons. The van der Waals surface area contributed by atoms with Crippen LogP contribution in [0.5, 0.6) is 11.5 Å². The molecule has 0 spiro atoms. The Morgan fingerprint density at radius 2 is 1.56 bits per heavy atom. The van der Waals surface area contributed by atoms with Crippen molar-refractivity contribution in [2.45, 2.75) is 25.7 Å². The van der Waals surface area contributed by atoms with E-state index in [1.807, 2.05) is 19.1 Å². The molecule has 1 aliphatic heterocycles. The molecular formula is C29H30N2O7S. The molecule has 39 heavy (non-hydrogen) atoms. The molecule has 2 N–H and O–H groups in total. The number of thiazole rings is 1. The first-order valence-electron chi connectivity index (χ1n) is 12.4. The van der Waals surface area contributed by atoms with E-state index in [0.29, 0.717) is 28.0 Å². The topological polar surface area (TPSA) is 119 Å². The Morgan fingerprint density at radius 3 is 2.13 bits per heavy atom. The van der Waals surface area contributed by atoms with Crippen molar-refractivity contribution in [1.82, 2.24) is 4.57 Å². The fourth-order valence-electron chi connectivity index (χ4n) is 4.32. The number of hydrogen-bond donors (Lipinski definition) is 1. The molecule has 0 amide bonds. The van der Waals surface area contributed by atoms with Crippen LogP contribution < -0.4 is 30.0 Å².